The van der Waals surface area contributed by atoms with E-state index >= 15 is 0 Å². The molecule has 0 amide bonds. The minimum Gasteiger partial charge on any atom is -0.488 e. The Morgan fingerprint density at radius 3 is 2.55 bits per heavy atom. The Bertz CT molecular complexity index is 1670. The number of benzene rings is 3. The van der Waals surface area contributed by atoms with Crippen LogP contribution >= 0.6 is 0 Å². The van der Waals surface area contributed by atoms with E-state index in [1.165, 1.54) is 0 Å². The maximum atomic E-state index is 12.2. The first-order valence-electron chi connectivity index (χ1n) is 11.9. The van der Waals surface area contributed by atoms with Crippen molar-refractivity contribution in [1.29, 1.82) is 0 Å². The van der Waals surface area contributed by atoms with E-state index in [2.05, 4.69) is 5.10 Å². The molecule has 2 aromatic heterocycles. The number of aliphatic carboxylic acids is 1. The van der Waals surface area contributed by atoms with E-state index in [0.717, 1.165) is 22.3 Å². The van der Waals surface area contributed by atoms with E-state index in [1.807, 2.05) is 42.6 Å². The van der Waals surface area contributed by atoms with Crippen molar-refractivity contribution in [3.8, 4) is 28.0 Å². The molecule has 5 rings (SSSR count). The van der Waals surface area contributed by atoms with Gasteiger partial charge >= 0.3 is 11.9 Å². The highest BCUT2D eigenvalue weighted by Crippen LogP contribution is 2.39. The average molecular weight is 512 g/mol. The molecule has 2 heterocycles. The molecule has 0 aliphatic carbocycles. The Hall–Kier alpha value is -4.89. The number of nitrogens with two attached hydrogens (primary N) is 1. The highest BCUT2D eigenvalue weighted by molar-refractivity contribution is 6.03. The predicted octanol–water partition coefficient (Wildman–Crippen LogP) is 4.86. The van der Waals surface area contributed by atoms with Gasteiger partial charge in [-0.1, -0.05) is 36.4 Å². The van der Waals surface area contributed by atoms with E-state index in [1.54, 1.807) is 42.2 Å². The third kappa shape index (κ3) is 4.87. The highest BCUT2D eigenvalue weighted by Gasteiger charge is 2.25. The van der Waals surface area contributed by atoms with Gasteiger partial charge in [-0.3, -0.25) is 9.48 Å². The van der Waals surface area contributed by atoms with Crippen LogP contribution in [0.3, 0.4) is 0 Å². The molecule has 0 aliphatic rings. The van der Waals surface area contributed by atoms with Gasteiger partial charge in [0.1, 0.15) is 17.9 Å². The lowest BCUT2D eigenvalue weighted by Gasteiger charge is -2.11. The van der Waals surface area contributed by atoms with Crippen LogP contribution in [-0.4, -0.2) is 31.9 Å². The van der Waals surface area contributed by atoms with Crippen LogP contribution in [0.2, 0.25) is 0 Å². The number of carboxylic acids is 2. The number of fused-ring (bicyclic) bond motifs is 1. The number of aromatic carboxylic acids is 1. The monoisotopic (exact) mass is 511 g/mol. The number of aryl methyl sites for hydroxylation is 1. The first-order valence-corrected chi connectivity index (χ1v) is 11.9. The van der Waals surface area contributed by atoms with E-state index in [4.69, 9.17) is 14.9 Å². The van der Waals surface area contributed by atoms with Crippen LogP contribution in [0.4, 0.5) is 0 Å². The molecule has 0 radical (unpaired) electrons. The van der Waals surface area contributed by atoms with Crippen molar-refractivity contribution >= 4 is 22.9 Å². The standard InChI is InChI=1S/C29H25N3O6/c1-32-15-21(14-31-32)22-10-20(18-7-4-5-17(9-18)13-30)11-23-24(28(29(35)36)38-27(22)23)16-37-25-8-3-2-6-19(25)12-26(33)34/h2-11,14-15H,12-13,16,30H2,1H3,(H,33,34)(H,35,36). The molecular formula is C29H25N3O6. The van der Waals surface area contributed by atoms with E-state index in [-0.39, 0.29) is 18.8 Å². The SMILES string of the molecule is Cn1cc(-c2cc(-c3cccc(CN)c3)cc3c(COc4ccccc4CC(=O)O)c(C(=O)O)oc23)cn1. The van der Waals surface area contributed by atoms with Crippen molar-refractivity contribution < 1.29 is 29.0 Å². The summed E-state index contributed by atoms with van der Waals surface area (Å²) in [6.45, 7) is 0.249. The summed E-state index contributed by atoms with van der Waals surface area (Å²) in [5, 5.41) is 24.1. The Morgan fingerprint density at radius 1 is 1.03 bits per heavy atom. The van der Waals surface area contributed by atoms with Gasteiger partial charge in [0.25, 0.3) is 0 Å². The summed E-state index contributed by atoms with van der Waals surface area (Å²) < 4.78 is 13.6. The summed E-state index contributed by atoms with van der Waals surface area (Å²) in [7, 11) is 1.80. The van der Waals surface area contributed by atoms with Crippen molar-refractivity contribution in [3.05, 3.63) is 95.5 Å². The van der Waals surface area contributed by atoms with Gasteiger partial charge in [0.2, 0.25) is 5.76 Å². The molecule has 4 N–H and O–H groups in total. The van der Waals surface area contributed by atoms with Crippen molar-refractivity contribution in [2.24, 2.45) is 12.8 Å². The van der Waals surface area contributed by atoms with Gasteiger partial charge in [-0.15, -0.1) is 0 Å². The summed E-state index contributed by atoms with van der Waals surface area (Å²) in [6.07, 6.45) is 3.30. The van der Waals surface area contributed by atoms with Crippen LogP contribution in [0.1, 0.15) is 27.2 Å². The molecule has 0 spiro atoms. The van der Waals surface area contributed by atoms with Crippen LogP contribution in [-0.2, 0) is 31.4 Å². The molecule has 192 valence electrons. The summed E-state index contributed by atoms with van der Waals surface area (Å²) in [6, 6.07) is 18.4. The fourth-order valence-corrected chi connectivity index (χ4v) is 4.49. The van der Waals surface area contributed by atoms with Gasteiger partial charge in [0, 0.05) is 41.9 Å². The van der Waals surface area contributed by atoms with Crippen molar-refractivity contribution in [2.75, 3.05) is 0 Å². The molecule has 0 saturated heterocycles. The second-order valence-corrected chi connectivity index (χ2v) is 8.89. The summed E-state index contributed by atoms with van der Waals surface area (Å²) in [5.74, 6) is -2.11. The van der Waals surface area contributed by atoms with E-state index in [9.17, 15) is 19.8 Å². The molecule has 0 saturated carbocycles. The molecule has 38 heavy (non-hydrogen) atoms. The second kappa shape index (κ2) is 10.2. The number of carbonyl (C=O) groups is 2. The highest BCUT2D eigenvalue weighted by atomic mass is 16.5. The van der Waals surface area contributed by atoms with Gasteiger partial charge in [-0.2, -0.15) is 5.10 Å². The van der Waals surface area contributed by atoms with Crippen molar-refractivity contribution in [2.45, 2.75) is 19.6 Å². The zero-order chi connectivity index (χ0) is 26.8. The second-order valence-electron chi connectivity index (χ2n) is 8.89. The lowest BCUT2D eigenvalue weighted by Crippen LogP contribution is -2.06. The van der Waals surface area contributed by atoms with Crippen LogP contribution in [0, 0.1) is 0 Å². The number of para-hydroxylation sites is 1. The first-order chi connectivity index (χ1) is 18.3. The number of carboxylic acid groups (broad SMARTS) is 2. The van der Waals surface area contributed by atoms with Gasteiger partial charge < -0.3 is 25.1 Å². The maximum Gasteiger partial charge on any atom is 0.372 e. The fraction of sp³-hybridized carbons (Fsp3) is 0.138. The number of furan rings is 1. The zero-order valence-electron chi connectivity index (χ0n) is 20.5. The molecule has 0 atom stereocenters. The number of ether oxygens (including phenoxy) is 1. The zero-order valence-corrected chi connectivity index (χ0v) is 20.5. The molecule has 0 fully saturated rings. The van der Waals surface area contributed by atoms with Crippen LogP contribution in [0.15, 0.2) is 77.5 Å². The minimum absolute atomic E-state index is 0.135. The van der Waals surface area contributed by atoms with Crippen molar-refractivity contribution in [3.63, 3.8) is 0 Å². The third-order valence-electron chi connectivity index (χ3n) is 6.28. The van der Waals surface area contributed by atoms with Crippen molar-refractivity contribution in [1.82, 2.24) is 9.78 Å². The molecule has 0 unspecified atom stereocenters. The number of rotatable bonds is 9. The number of nitrogens with zero attached hydrogens (tertiary/aromatic N) is 2. The largest absolute Gasteiger partial charge is 0.488 e. The van der Waals surface area contributed by atoms with Crippen LogP contribution in [0.5, 0.6) is 5.75 Å². The molecular weight excluding hydrogens is 486 g/mol. The number of hydrogen-bond acceptors (Lipinski definition) is 6. The number of hydrogen-bond donors (Lipinski definition) is 3. The maximum absolute atomic E-state index is 12.2. The fourth-order valence-electron chi connectivity index (χ4n) is 4.49. The van der Waals surface area contributed by atoms with Crippen LogP contribution in [0.25, 0.3) is 33.2 Å². The predicted molar refractivity (Wildman–Crippen MR) is 141 cm³/mol. The molecule has 9 heteroatoms. The Morgan fingerprint density at radius 2 is 1.84 bits per heavy atom. The Labute approximate surface area is 217 Å². The molecule has 0 bridgehead atoms. The lowest BCUT2D eigenvalue weighted by atomic mass is 9.95. The summed E-state index contributed by atoms with van der Waals surface area (Å²) in [5.41, 5.74) is 11.3. The molecule has 3 aromatic carbocycles. The third-order valence-corrected chi connectivity index (χ3v) is 6.28. The van der Waals surface area contributed by atoms with Crippen LogP contribution < -0.4 is 10.5 Å². The Balaban J connectivity index is 1.68. The Kier molecular flexibility index (Phi) is 6.68. The lowest BCUT2D eigenvalue weighted by molar-refractivity contribution is -0.136. The van der Waals surface area contributed by atoms with Gasteiger partial charge in [0.15, 0.2) is 0 Å². The summed E-state index contributed by atoms with van der Waals surface area (Å²) >= 11 is 0. The molecule has 9 nitrogen and oxygen atoms in total. The van der Waals surface area contributed by atoms with Gasteiger partial charge in [-0.25, -0.2) is 4.79 Å². The van der Waals surface area contributed by atoms with Gasteiger partial charge in [0.05, 0.1) is 18.2 Å². The quantitative estimate of drug-likeness (QED) is 0.255. The van der Waals surface area contributed by atoms with Gasteiger partial charge in [-0.05, 0) is 41.0 Å². The molecule has 0 aliphatic heterocycles. The van der Waals surface area contributed by atoms with E-state index < -0.39 is 11.9 Å². The number of aromatic nitrogens is 2. The first kappa shape index (κ1) is 24.8. The topological polar surface area (TPSA) is 141 Å². The summed E-state index contributed by atoms with van der Waals surface area (Å²) in [4.78, 5) is 23.5. The van der Waals surface area contributed by atoms with E-state index in [0.29, 0.717) is 40.0 Å². The molecule has 5 aromatic rings. The minimum atomic E-state index is -1.23. The smallest absolute Gasteiger partial charge is 0.372 e. The normalized spacial score (nSPS) is 11.1. The average Bonchev–Trinajstić information content (AvgIpc) is 3.51.